The molecule has 120 valence electrons. The second-order valence-electron chi connectivity index (χ2n) is 6.65. The fraction of sp³-hybridized carbons (Fsp3) is 0.611. The Morgan fingerprint density at radius 2 is 1.86 bits per heavy atom. The summed E-state index contributed by atoms with van der Waals surface area (Å²) in [4.78, 5) is 14.4. The molecule has 1 amide bonds. The van der Waals surface area contributed by atoms with Crippen molar-refractivity contribution in [3.05, 3.63) is 35.9 Å². The summed E-state index contributed by atoms with van der Waals surface area (Å²) in [5.41, 5.74) is 0.814. The van der Waals surface area contributed by atoms with Gasteiger partial charge in [0.25, 0.3) is 0 Å². The number of β-amino-alcohol motifs (C(OH)–C–C–N with tert-alkyl or cyclic N) is 1. The van der Waals surface area contributed by atoms with Crippen molar-refractivity contribution in [1.29, 1.82) is 0 Å². The molecule has 3 rings (SSSR count). The number of carbonyl (C=O) groups excluding carboxylic acids is 1. The number of amides is 1. The van der Waals surface area contributed by atoms with Crippen LogP contribution >= 0.6 is 0 Å². The second-order valence-corrected chi connectivity index (χ2v) is 6.65. The zero-order chi connectivity index (χ0) is 15.4. The fourth-order valence-electron chi connectivity index (χ4n) is 3.94. The summed E-state index contributed by atoms with van der Waals surface area (Å²) in [5, 5.41) is 10.1. The molecule has 1 aromatic carbocycles. The maximum absolute atomic E-state index is 12.5. The zero-order valence-electron chi connectivity index (χ0n) is 13.0. The Morgan fingerprint density at radius 3 is 2.55 bits per heavy atom. The van der Waals surface area contributed by atoms with E-state index in [-0.39, 0.29) is 11.6 Å². The molecule has 1 saturated carbocycles. The lowest BCUT2D eigenvalue weighted by atomic mass is 9.87. The Balaban J connectivity index is 1.67. The van der Waals surface area contributed by atoms with E-state index in [2.05, 4.69) is 0 Å². The van der Waals surface area contributed by atoms with Gasteiger partial charge in [-0.1, -0.05) is 56.0 Å². The highest BCUT2D eigenvalue weighted by atomic mass is 16.6. The van der Waals surface area contributed by atoms with Crippen molar-refractivity contribution in [2.45, 2.75) is 63.2 Å². The van der Waals surface area contributed by atoms with Gasteiger partial charge in [-0.2, -0.15) is 0 Å². The minimum Gasteiger partial charge on any atom is -0.445 e. The first-order chi connectivity index (χ1) is 10.7. The van der Waals surface area contributed by atoms with E-state index in [1.807, 2.05) is 35.2 Å². The summed E-state index contributed by atoms with van der Waals surface area (Å²) in [6.07, 6.45) is 6.71. The van der Waals surface area contributed by atoms with E-state index in [4.69, 9.17) is 4.74 Å². The summed E-state index contributed by atoms with van der Waals surface area (Å²) in [6, 6.07) is 9.73. The molecule has 1 atom stereocenters. The van der Waals surface area contributed by atoms with E-state index >= 15 is 0 Å². The second kappa shape index (κ2) is 6.69. The third-order valence-corrected chi connectivity index (χ3v) is 5.04. The third-order valence-electron chi connectivity index (χ3n) is 5.04. The monoisotopic (exact) mass is 303 g/mol. The van der Waals surface area contributed by atoms with Crippen LogP contribution in [0, 0.1) is 0 Å². The van der Waals surface area contributed by atoms with Crippen molar-refractivity contribution < 1.29 is 14.6 Å². The lowest BCUT2D eigenvalue weighted by Gasteiger charge is -2.37. The predicted octanol–water partition coefficient (Wildman–Crippen LogP) is 3.48. The molecule has 1 spiro atoms. The molecule has 1 aliphatic heterocycles. The van der Waals surface area contributed by atoms with Crippen molar-refractivity contribution >= 4 is 6.09 Å². The number of nitrogens with zero attached hydrogens (tertiary/aromatic N) is 1. The maximum atomic E-state index is 12.5. The van der Waals surface area contributed by atoms with Crippen molar-refractivity contribution in [2.24, 2.45) is 0 Å². The van der Waals surface area contributed by atoms with Gasteiger partial charge in [0, 0.05) is 5.54 Å². The Morgan fingerprint density at radius 1 is 1.18 bits per heavy atom. The summed E-state index contributed by atoms with van der Waals surface area (Å²) in [5.74, 6) is 0. The van der Waals surface area contributed by atoms with Gasteiger partial charge in [-0.25, -0.2) is 4.79 Å². The van der Waals surface area contributed by atoms with Gasteiger partial charge in [-0.15, -0.1) is 0 Å². The number of hydrogen-bond donors (Lipinski definition) is 1. The lowest BCUT2D eigenvalue weighted by Crippen LogP contribution is -2.47. The van der Waals surface area contributed by atoms with Gasteiger partial charge >= 0.3 is 6.09 Å². The van der Waals surface area contributed by atoms with Crippen molar-refractivity contribution in [3.63, 3.8) is 0 Å². The molecule has 22 heavy (non-hydrogen) atoms. The SMILES string of the molecule is O=C(OCc1ccccc1)N1CC(O)CC12CCCCCC2. The first kappa shape index (κ1) is 15.3. The Kier molecular flexibility index (Phi) is 4.67. The first-order valence-electron chi connectivity index (χ1n) is 8.36. The number of benzene rings is 1. The van der Waals surface area contributed by atoms with Crippen LogP contribution < -0.4 is 0 Å². The van der Waals surface area contributed by atoms with Crippen LogP contribution in [-0.4, -0.2) is 34.3 Å². The molecule has 1 aromatic rings. The summed E-state index contributed by atoms with van der Waals surface area (Å²) in [6.45, 7) is 0.704. The van der Waals surface area contributed by atoms with Crippen molar-refractivity contribution in [3.8, 4) is 0 Å². The number of rotatable bonds is 2. The number of hydrogen-bond acceptors (Lipinski definition) is 3. The van der Waals surface area contributed by atoms with Gasteiger partial charge in [0.2, 0.25) is 0 Å². The summed E-state index contributed by atoms with van der Waals surface area (Å²) in [7, 11) is 0. The van der Waals surface area contributed by atoms with Crippen molar-refractivity contribution in [2.75, 3.05) is 6.54 Å². The largest absolute Gasteiger partial charge is 0.445 e. The summed E-state index contributed by atoms with van der Waals surface area (Å²) >= 11 is 0. The number of carbonyl (C=O) groups is 1. The van der Waals surface area contributed by atoms with Crippen LogP contribution in [0.5, 0.6) is 0 Å². The van der Waals surface area contributed by atoms with E-state index in [1.165, 1.54) is 12.8 Å². The highest BCUT2D eigenvalue weighted by Crippen LogP contribution is 2.41. The molecule has 0 aromatic heterocycles. The fourth-order valence-corrected chi connectivity index (χ4v) is 3.94. The van der Waals surface area contributed by atoms with Gasteiger partial charge in [-0.05, 0) is 24.8 Å². The quantitative estimate of drug-likeness (QED) is 0.910. The van der Waals surface area contributed by atoms with Crippen LogP contribution in [0.2, 0.25) is 0 Å². The molecule has 1 aliphatic carbocycles. The van der Waals surface area contributed by atoms with Crippen LogP contribution in [-0.2, 0) is 11.3 Å². The number of likely N-dealkylation sites (tertiary alicyclic amines) is 1. The molecule has 4 nitrogen and oxygen atoms in total. The van der Waals surface area contributed by atoms with Crippen LogP contribution in [0.25, 0.3) is 0 Å². The van der Waals surface area contributed by atoms with Crippen LogP contribution in [0.15, 0.2) is 30.3 Å². The Hall–Kier alpha value is -1.55. The molecule has 2 fully saturated rings. The number of aliphatic hydroxyl groups excluding tert-OH is 1. The molecular formula is C18H25NO3. The highest BCUT2D eigenvalue weighted by molar-refractivity contribution is 5.69. The van der Waals surface area contributed by atoms with E-state index in [1.54, 1.807) is 0 Å². The minimum atomic E-state index is -0.414. The Bertz CT molecular complexity index is 494. The molecular weight excluding hydrogens is 278 g/mol. The van der Waals surface area contributed by atoms with Gasteiger partial charge < -0.3 is 9.84 Å². The first-order valence-corrected chi connectivity index (χ1v) is 8.36. The average molecular weight is 303 g/mol. The van der Waals surface area contributed by atoms with Crippen LogP contribution in [0.4, 0.5) is 4.79 Å². The molecule has 1 heterocycles. The molecule has 4 heteroatoms. The normalized spacial score (nSPS) is 24.2. The lowest BCUT2D eigenvalue weighted by molar-refractivity contribution is 0.0579. The molecule has 1 unspecified atom stereocenters. The van der Waals surface area contributed by atoms with Gasteiger partial charge in [0.15, 0.2) is 0 Å². The standard InChI is InChI=1S/C18H25NO3/c20-16-12-18(10-6-1-2-7-11-18)19(13-16)17(21)22-14-15-8-4-3-5-9-15/h3-5,8-9,16,20H,1-2,6-7,10-14H2. The average Bonchev–Trinajstić information content (AvgIpc) is 2.70. The number of ether oxygens (including phenoxy) is 1. The van der Waals surface area contributed by atoms with Gasteiger partial charge in [0.05, 0.1) is 12.6 Å². The third kappa shape index (κ3) is 3.27. The highest BCUT2D eigenvalue weighted by Gasteiger charge is 2.47. The Labute approximate surface area is 132 Å². The zero-order valence-corrected chi connectivity index (χ0v) is 13.0. The van der Waals surface area contributed by atoms with E-state index < -0.39 is 6.10 Å². The van der Waals surface area contributed by atoms with Crippen LogP contribution in [0.1, 0.15) is 50.5 Å². The molecule has 1 N–H and O–H groups in total. The van der Waals surface area contributed by atoms with Gasteiger partial charge in [0.1, 0.15) is 6.61 Å². The van der Waals surface area contributed by atoms with E-state index in [0.717, 1.165) is 31.2 Å². The molecule has 0 bridgehead atoms. The smallest absolute Gasteiger partial charge is 0.410 e. The van der Waals surface area contributed by atoms with E-state index in [0.29, 0.717) is 19.6 Å². The van der Waals surface area contributed by atoms with Gasteiger partial charge in [-0.3, -0.25) is 4.90 Å². The topological polar surface area (TPSA) is 49.8 Å². The van der Waals surface area contributed by atoms with Crippen molar-refractivity contribution in [1.82, 2.24) is 4.90 Å². The predicted molar refractivity (Wildman–Crippen MR) is 84.4 cm³/mol. The molecule has 2 aliphatic rings. The maximum Gasteiger partial charge on any atom is 0.410 e. The molecule has 0 radical (unpaired) electrons. The van der Waals surface area contributed by atoms with Crippen LogP contribution in [0.3, 0.4) is 0 Å². The number of aliphatic hydroxyl groups is 1. The molecule has 1 saturated heterocycles. The summed E-state index contributed by atoms with van der Waals surface area (Å²) < 4.78 is 5.50. The minimum absolute atomic E-state index is 0.177. The van der Waals surface area contributed by atoms with E-state index in [9.17, 15) is 9.90 Å².